The molecule has 0 fully saturated rings. The highest BCUT2D eigenvalue weighted by Gasteiger charge is 2.35. The third-order valence-corrected chi connectivity index (χ3v) is 13.4. The van der Waals surface area contributed by atoms with Gasteiger partial charge in [-0.3, -0.25) is 53.1 Å². The first-order valence-corrected chi connectivity index (χ1v) is 28.4. The number of aliphatic carboxylic acids is 1. The number of unbranched alkanes of at least 4 members (excludes halogenated alkanes) is 1. The summed E-state index contributed by atoms with van der Waals surface area (Å²) < 4.78 is 0. The van der Waals surface area contributed by atoms with E-state index in [9.17, 15) is 83.7 Å². The number of phenolic OH excluding ortho intramolecular Hbond substituents is 3. The minimum absolute atomic E-state index is 0.0171. The Hall–Kier alpha value is -9.90. The number of rotatable bonds is 40. The number of aliphatic hydroxyl groups excluding tert-OH is 3. The molecule has 0 aliphatic carbocycles. The summed E-state index contributed by atoms with van der Waals surface area (Å²) in [6.45, 7) is -3.67. The molecule has 3 aromatic rings. The molecule has 494 valence electrons. The van der Waals surface area contributed by atoms with E-state index in [0.29, 0.717) is 36.1 Å². The molecule has 0 unspecified atom stereocenters. The maximum atomic E-state index is 14.3. The first-order chi connectivity index (χ1) is 42.8. The van der Waals surface area contributed by atoms with E-state index >= 15 is 0 Å². The molecule has 34 nitrogen and oxygen atoms in total. The molecule has 34 heteroatoms. The van der Waals surface area contributed by atoms with Crippen LogP contribution < -0.4 is 82.3 Å². The maximum Gasteiger partial charge on any atom is 0.326 e. The number of aliphatic imine (C=N–C) groups is 2. The predicted molar refractivity (Wildman–Crippen MR) is 323 cm³/mol. The molecular formula is C56H83N17O17. The third-order valence-electron chi connectivity index (χ3n) is 13.4. The minimum atomic E-state index is -1.92. The van der Waals surface area contributed by atoms with Crippen LogP contribution >= 0.6 is 0 Å². The van der Waals surface area contributed by atoms with Crippen molar-refractivity contribution >= 4 is 71.1 Å². The number of aromatic hydroxyl groups is 3. The number of aliphatic hydroxyl groups is 3. The topological polar surface area (TPSA) is 601 Å². The lowest BCUT2D eigenvalue weighted by molar-refractivity contribution is -0.142. The molecule has 90 heavy (non-hydrogen) atoms. The normalized spacial score (nSPS) is 13.9. The summed E-state index contributed by atoms with van der Waals surface area (Å²) in [5.74, 6) is -11.9. The highest BCUT2D eigenvalue weighted by Crippen LogP contribution is 2.16. The molecule has 0 bridgehead atoms. The van der Waals surface area contributed by atoms with Crippen molar-refractivity contribution in [1.29, 1.82) is 0 Å². The second kappa shape index (κ2) is 39.1. The Morgan fingerprint density at radius 2 is 0.711 bits per heavy atom. The van der Waals surface area contributed by atoms with Gasteiger partial charge in [0.1, 0.15) is 65.6 Å². The number of hydrogen-bond donors (Lipinski definition) is 22. The molecule has 3 rings (SSSR count). The lowest BCUT2D eigenvalue weighted by Gasteiger charge is -2.27. The first-order valence-electron chi connectivity index (χ1n) is 28.4. The van der Waals surface area contributed by atoms with Gasteiger partial charge in [0.15, 0.2) is 11.9 Å². The summed E-state index contributed by atoms with van der Waals surface area (Å²) in [5.41, 5.74) is 34.3. The zero-order chi connectivity index (χ0) is 66.9. The number of nitrogens with one attached hydrogen (secondary N) is 9. The summed E-state index contributed by atoms with van der Waals surface area (Å²) in [6, 6.07) is 1.66. The van der Waals surface area contributed by atoms with E-state index in [2.05, 4.69) is 57.8 Å². The maximum absolute atomic E-state index is 14.3. The fourth-order valence-electron chi connectivity index (χ4n) is 8.44. The van der Waals surface area contributed by atoms with Gasteiger partial charge in [-0.1, -0.05) is 42.8 Å². The van der Waals surface area contributed by atoms with E-state index in [1.807, 2.05) is 0 Å². The predicted octanol–water partition coefficient (Wildman–Crippen LogP) is -7.55. The van der Waals surface area contributed by atoms with Crippen LogP contribution in [0.15, 0.2) is 82.8 Å². The molecule has 0 aliphatic rings. The lowest BCUT2D eigenvalue weighted by atomic mass is 10.0. The van der Waals surface area contributed by atoms with Crippen LogP contribution in [0, 0.1) is 0 Å². The molecule has 3 aromatic carbocycles. The van der Waals surface area contributed by atoms with Gasteiger partial charge in [-0.2, -0.15) is 0 Å². The zero-order valence-electron chi connectivity index (χ0n) is 49.2. The van der Waals surface area contributed by atoms with E-state index in [-0.39, 0.29) is 87.2 Å². The summed E-state index contributed by atoms with van der Waals surface area (Å²) >= 11 is 0. The number of benzene rings is 3. The number of carbonyl (C=O) groups is 10. The van der Waals surface area contributed by atoms with Gasteiger partial charge in [0, 0.05) is 32.4 Å². The fourth-order valence-corrected chi connectivity index (χ4v) is 8.44. The Morgan fingerprint density at radius 1 is 0.400 bits per heavy atom. The van der Waals surface area contributed by atoms with E-state index < -0.39 is 146 Å². The van der Waals surface area contributed by atoms with Crippen molar-refractivity contribution in [3.63, 3.8) is 0 Å². The fraction of sp³-hybridized carbons (Fsp3) is 0.464. The van der Waals surface area contributed by atoms with Gasteiger partial charge in [0.05, 0.1) is 32.4 Å². The number of hydrogen-bond acceptors (Lipinski definition) is 20. The molecule has 0 heterocycles. The van der Waals surface area contributed by atoms with Crippen LogP contribution in [0.4, 0.5) is 0 Å². The third kappa shape index (κ3) is 27.4. The van der Waals surface area contributed by atoms with Crippen LogP contribution in [0.1, 0.15) is 61.6 Å². The number of nitrogens with two attached hydrogens (primary N) is 6. The summed E-state index contributed by atoms with van der Waals surface area (Å²) in [4.78, 5) is 144. The van der Waals surface area contributed by atoms with Crippen LogP contribution in [0.3, 0.4) is 0 Å². The number of carboxylic acid groups (broad SMARTS) is 1. The van der Waals surface area contributed by atoms with Crippen molar-refractivity contribution in [1.82, 2.24) is 47.9 Å². The number of guanidine groups is 2. The van der Waals surface area contributed by atoms with Crippen molar-refractivity contribution in [2.75, 3.05) is 46.0 Å². The number of phenols is 3. The van der Waals surface area contributed by atoms with Gasteiger partial charge in [0.2, 0.25) is 53.2 Å². The standard InChI is InChI=1S/C56H83N17O17/c57-20-2-1-5-36(58)46(81)65-26-45(80)66-42(27-74)51(86)69-39(23-30-8-14-33(77)15-9-30)49(84)67-38(7-4-22-64-56(61)62)48(83)72-44(29-76)53(88)70-40(24-31-10-16-34(78)17-11-31)50(85)73-43(28-75)52(87)68-37(6-3-21-63-55(59)60)47(82)71-41(54(89)90)25-32-12-18-35(79)19-13-32/h8-19,36-44,74-79H,1-7,20-29,57-58H2,(H,65,81)(H,66,80)(H,67,84)(H,68,87)(H,69,86)(H,70,88)(H,71,82)(H,72,83)(H,73,85)(H,89,90)(H4,59,60,63)(H4,61,62,64)/t36-,37-,38-,39-,40-,41-,42-,43-,44-/m0/s1. The largest absolute Gasteiger partial charge is 0.508 e. The first kappa shape index (κ1) is 74.4. The zero-order valence-corrected chi connectivity index (χ0v) is 49.2. The Labute approximate surface area is 516 Å². The number of carbonyl (C=O) groups excluding carboxylic acids is 9. The van der Waals surface area contributed by atoms with Crippen LogP contribution in [-0.2, 0) is 67.2 Å². The van der Waals surface area contributed by atoms with Crippen molar-refractivity contribution in [3.05, 3.63) is 89.5 Å². The van der Waals surface area contributed by atoms with Crippen LogP contribution in [-0.4, -0.2) is 207 Å². The second-order valence-electron chi connectivity index (χ2n) is 20.6. The van der Waals surface area contributed by atoms with Gasteiger partial charge >= 0.3 is 5.97 Å². The number of nitrogens with zero attached hydrogens (tertiary/aromatic N) is 2. The minimum Gasteiger partial charge on any atom is -0.508 e. The molecule has 0 aromatic heterocycles. The van der Waals surface area contributed by atoms with E-state index in [1.165, 1.54) is 72.8 Å². The van der Waals surface area contributed by atoms with Gasteiger partial charge in [-0.05, 0) is 98.2 Å². The number of amides is 9. The van der Waals surface area contributed by atoms with Gasteiger partial charge in [0.25, 0.3) is 0 Å². The summed E-state index contributed by atoms with van der Waals surface area (Å²) in [5, 5.41) is 92.1. The molecule has 0 spiro atoms. The Kier molecular flexibility index (Phi) is 32.3. The molecular weight excluding hydrogens is 1180 g/mol. The van der Waals surface area contributed by atoms with E-state index in [0.717, 1.165) is 0 Å². The molecule has 9 amide bonds. The Morgan fingerprint density at radius 3 is 1.06 bits per heavy atom. The van der Waals surface area contributed by atoms with Crippen LogP contribution in [0.5, 0.6) is 17.2 Å². The molecule has 28 N–H and O–H groups in total. The van der Waals surface area contributed by atoms with Crippen molar-refractivity contribution in [2.24, 2.45) is 44.4 Å². The number of carboxylic acids is 1. The lowest BCUT2D eigenvalue weighted by Crippen LogP contribution is -2.61. The van der Waals surface area contributed by atoms with Gasteiger partial charge in [-0.25, -0.2) is 4.79 Å². The van der Waals surface area contributed by atoms with E-state index in [1.54, 1.807) is 0 Å². The van der Waals surface area contributed by atoms with Crippen molar-refractivity contribution < 1.29 is 83.7 Å². The van der Waals surface area contributed by atoms with E-state index in [4.69, 9.17) is 34.4 Å². The van der Waals surface area contributed by atoms with Crippen LogP contribution in [0.25, 0.3) is 0 Å². The highest BCUT2D eigenvalue weighted by molar-refractivity contribution is 5.98. The highest BCUT2D eigenvalue weighted by atomic mass is 16.4. The monoisotopic (exact) mass is 1270 g/mol. The summed E-state index contributed by atoms with van der Waals surface area (Å²) in [6.07, 6.45) is 0.00193. The molecule has 0 radical (unpaired) electrons. The smallest absolute Gasteiger partial charge is 0.326 e. The SMILES string of the molecule is NCCCC[C@H](N)C(=O)NCC(=O)N[C@@H](CO)C(=O)N[C@@H](Cc1ccc(O)cc1)C(=O)N[C@@H](CCCN=C(N)N)C(=O)N[C@@H](CO)C(=O)N[C@@H](Cc1ccc(O)cc1)C(=O)N[C@@H](CO)C(=O)N[C@@H](CCCN=C(N)N)C(=O)N[C@@H](Cc1ccc(O)cc1)C(=O)O. The van der Waals surface area contributed by atoms with Crippen LogP contribution in [0.2, 0.25) is 0 Å². The van der Waals surface area contributed by atoms with Gasteiger partial charge in [-0.15, -0.1) is 0 Å². The second-order valence-corrected chi connectivity index (χ2v) is 20.6. The average molecular weight is 1270 g/mol. The van der Waals surface area contributed by atoms with Crippen molar-refractivity contribution in [3.8, 4) is 17.2 Å². The molecule has 0 aliphatic heterocycles. The molecule has 9 atom stereocenters. The Bertz CT molecular complexity index is 2910. The van der Waals surface area contributed by atoms with Crippen molar-refractivity contribution in [2.45, 2.75) is 119 Å². The summed E-state index contributed by atoms with van der Waals surface area (Å²) in [7, 11) is 0. The quantitative estimate of drug-likeness (QED) is 0.0143. The average Bonchev–Trinajstić information content (AvgIpc) is 2.49. The molecule has 0 saturated heterocycles. The van der Waals surface area contributed by atoms with Gasteiger partial charge < -0.3 is 118 Å². The Balaban J connectivity index is 1.90. The molecule has 0 saturated carbocycles.